The maximum absolute atomic E-state index is 12.4. The number of aromatic nitrogens is 3. The molecule has 0 atom stereocenters. The molecular weight excluding hydrogens is 392 g/mol. The fourth-order valence-corrected chi connectivity index (χ4v) is 3.34. The quantitative estimate of drug-likeness (QED) is 0.477. The van der Waals surface area contributed by atoms with Crippen molar-refractivity contribution in [2.75, 3.05) is 0 Å². The van der Waals surface area contributed by atoms with E-state index in [-0.39, 0.29) is 17.3 Å². The van der Waals surface area contributed by atoms with E-state index in [0.717, 1.165) is 22.0 Å². The summed E-state index contributed by atoms with van der Waals surface area (Å²) in [6.07, 6.45) is 1.41. The van der Waals surface area contributed by atoms with Crippen LogP contribution < -0.4 is 10.9 Å². The van der Waals surface area contributed by atoms with E-state index in [0.29, 0.717) is 37.3 Å². The molecule has 0 aliphatic carbocycles. The molecule has 0 aliphatic rings. The third-order valence-corrected chi connectivity index (χ3v) is 5.12. The molecule has 4 rings (SSSR count). The van der Waals surface area contributed by atoms with Crippen molar-refractivity contribution in [2.45, 2.75) is 39.7 Å². The zero-order valence-electron chi connectivity index (χ0n) is 17.6. The van der Waals surface area contributed by atoms with E-state index < -0.39 is 0 Å². The monoisotopic (exact) mass is 416 g/mol. The van der Waals surface area contributed by atoms with Crippen molar-refractivity contribution in [2.24, 2.45) is 0 Å². The number of H-pyrrole nitrogens is 1. The van der Waals surface area contributed by atoms with Crippen LogP contribution in [0.2, 0.25) is 0 Å². The Labute approximate surface area is 179 Å². The molecule has 2 aromatic carbocycles. The van der Waals surface area contributed by atoms with Crippen LogP contribution in [-0.2, 0) is 17.8 Å². The Bertz CT molecular complexity index is 1270. The normalized spacial score (nSPS) is 11.0. The third kappa shape index (κ3) is 5.06. The Morgan fingerprint density at radius 3 is 2.65 bits per heavy atom. The summed E-state index contributed by atoms with van der Waals surface area (Å²) >= 11 is 0. The van der Waals surface area contributed by atoms with Gasteiger partial charge in [0, 0.05) is 24.9 Å². The molecule has 0 saturated heterocycles. The highest BCUT2D eigenvalue weighted by molar-refractivity contribution is 5.82. The number of pyridine rings is 1. The first kappa shape index (κ1) is 20.5. The Hall–Kier alpha value is -3.74. The number of carbonyl (C=O) groups is 1. The van der Waals surface area contributed by atoms with Gasteiger partial charge < -0.3 is 14.8 Å². The number of rotatable bonds is 7. The van der Waals surface area contributed by atoms with Gasteiger partial charge in [-0.05, 0) is 48.9 Å². The van der Waals surface area contributed by atoms with Crippen molar-refractivity contribution < 1.29 is 9.32 Å². The standard InChI is InChI=1S/C24H24N4O3/c1-15-6-9-17(10-7-15)14-25-21(29)4-3-5-22-27-23(28-31-22)19-13-18-11-8-16(2)12-20(18)26-24(19)30/h6-13H,3-5,14H2,1-2H3,(H,25,29)(H,26,30). The molecule has 7 heteroatoms. The first-order valence-electron chi connectivity index (χ1n) is 10.3. The second-order valence-corrected chi connectivity index (χ2v) is 7.73. The molecule has 0 saturated carbocycles. The van der Waals surface area contributed by atoms with Crippen LogP contribution in [0.4, 0.5) is 0 Å². The minimum atomic E-state index is -0.263. The average molecular weight is 416 g/mol. The number of aromatic amines is 1. The highest BCUT2D eigenvalue weighted by Crippen LogP contribution is 2.18. The lowest BCUT2D eigenvalue weighted by atomic mass is 10.1. The lowest BCUT2D eigenvalue weighted by molar-refractivity contribution is -0.121. The number of hydrogen-bond acceptors (Lipinski definition) is 5. The number of fused-ring (bicyclic) bond motifs is 1. The zero-order valence-corrected chi connectivity index (χ0v) is 17.6. The van der Waals surface area contributed by atoms with Crippen LogP contribution in [0.3, 0.4) is 0 Å². The second kappa shape index (κ2) is 8.95. The summed E-state index contributed by atoms with van der Waals surface area (Å²) in [4.78, 5) is 31.7. The Kier molecular flexibility index (Phi) is 5.93. The van der Waals surface area contributed by atoms with E-state index in [4.69, 9.17) is 4.52 Å². The Morgan fingerprint density at radius 1 is 1.06 bits per heavy atom. The second-order valence-electron chi connectivity index (χ2n) is 7.73. The topological polar surface area (TPSA) is 101 Å². The van der Waals surface area contributed by atoms with Crippen LogP contribution >= 0.6 is 0 Å². The summed E-state index contributed by atoms with van der Waals surface area (Å²) in [5, 5.41) is 7.76. The smallest absolute Gasteiger partial charge is 0.259 e. The molecule has 31 heavy (non-hydrogen) atoms. The molecule has 158 valence electrons. The lowest BCUT2D eigenvalue weighted by Crippen LogP contribution is -2.22. The van der Waals surface area contributed by atoms with Crippen molar-refractivity contribution in [3.8, 4) is 11.4 Å². The Balaban J connectivity index is 1.33. The molecule has 0 unspecified atom stereocenters. The maximum atomic E-state index is 12.4. The lowest BCUT2D eigenvalue weighted by Gasteiger charge is -2.05. The molecule has 2 heterocycles. The molecule has 7 nitrogen and oxygen atoms in total. The van der Waals surface area contributed by atoms with E-state index in [2.05, 4.69) is 20.4 Å². The number of aryl methyl sites for hydroxylation is 3. The van der Waals surface area contributed by atoms with E-state index in [1.54, 1.807) is 6.07 Å². The van der Waals surface area contributed by atoms with E-state index in [1.807, 2.05) is 56.3 Å². The van der Waals surface area contributed by atoms with Crippen LogP contribution in [0.1, 0.15) is 35.4 Å². The van der Waals surface area contributed by atoms with Gasteiger partial charge in [-0.3, -0.25) is 9.59 Å². The van der Waals surface area contributed by atoms with Gasteiger partial charge in [0.05, 0.1) is 5.56 Å². The largest absolute Gasteiger partial charge is 0.352 e. The van der Waals surface area contributed by atoms with Gasteiger partial charge in [-0.2, -0.15) is 4.98 Å². The van der Waals surface area contributed by atoms with Crippen molar-refractivity contribution >= 4 is 16.8 Å². The molecule has 2 aromatic heterocycles. The average Bonchev–Trinajstić information content (AvgIpc) is 3.21. The fraction of sp³-hybridized carbons (Fsp3) is 0.250. The van der Waals surface area contributed by atoms with E-state index in [9.17, 15) is 9.59 Å². The van der Waals surface area contributed by atoms with Gasteiger partial charge >= 0.3 is 0 Å². The fourth-order valence-electron chi connectivity index (χ4n) is 3.34. The molecule has 0 fully saturated rings. The van der Waals surface area contributed by atoms with Crippen LogP contribution in [-0.4, -0.2) is 21.0 Å². The third-order valence-electron chi connectivity index (χ3n) is 5.12. The summed E-state index contributed by atoms with van der Waals surface area (Å²) in [5.41, 5.74) is 4.20. The van der Waals surface area contributed by atoms with Gasteiger partial charge in [0.15, 0.2) is 0 Å². The van der Waals surface area contributed by atoms with Gasteiger partial charge in [-0.15, -0.1) is 0 Å². The highest BCUT2D eigenvalue weighted by Gasteiger charge is 2.14. The summed E-state index contributed by atoms with van der Waals surface area (Å²) in [7, 11) is 0. The van der Waals surface area contributed by atoms with Gasteiger partial charge in [-0.25, -0.2) is 0 Å². The minimum absolute atomic E-state index is 0.0263. The van der Waals surface area contributed by atoms with Gasteiger partial charge in [0.1, 0.15) is 0 Å². The van der Waals surface area contributed by atoms with Crippen LogP contribution in [0.5, 0.6) is 0 Å². The first-order chi connectivity index (χ1) is 15.0. The predicted molar refractivity (Wildman–Crippen MR) is 119 cm³/mol. The molecule has 2 N–H and O–H groups in total. The van der Waals surface area contributed by atoms with E-state index in [1.165, 1.54) is 5.56 Å². The van der Waals surface area contributed by atoms with Gasteiger partial charge in [0.25, 0.3) is 5.56 Å². The van der Waals surface area contributed by atoms with E-state index >= 15 is 0 Å². The summed E-state index contributed by atoms with van der Waals surface area (Å²) in [5.74, 6) is 0.633. The zero-order chi connectivity index (χ0) is 21.8. The van der Waals surface area contributed by atoms with Gasteiger partial charge in [-0.1, -0.05) is 47.1 Å². The summed E-state index contributed by atoms with van der Waals surface area (Å²) in [6, 6.07) is 15.7. The van der Waals surface area contributed by atoms with Crippen LogP contribution in [0.15, 0.2) is 57.8 Å². The number of nitrogens with zero attached hydrogens (tertiary/aromatic N) is 2. The molecule has 4 aromatic rings. The number of amides is 1. The summed E-state index contributed by atoms with van der Waals surface area (Å²) in [6.45, 7) is 4.51. The predicted octanol–water partition coefficient (Wildman–Crippen LogP) is 3.83. The van der Waals surface area contributed by atoms with Gasteiger partial charge in [0.2, 0.25) is 17.6 Å². The molecule has 0 aliphatic heterocycles. The number of hydrogen-bond donors (Lipinski definition) is 2. The number of benzene rings is 2. The van der Waals surface area contributed by atoms with Crippen molar-refractivity contribution in [3.63, 3.8) is 0 Å². The first-order valence-corrected chi connectivity index (χ1v) is 10.3. The molecular formula is C24H24N4O3. The highest BCUT2D eigenvalue weighted by atomic mass is 16.5. The van der Waals surface area contributed by atoms with Crippen LogP contribution in [0.25, 0.3) is 22.3 Å². The van der Waals surface area contributed by atoms with Crippen molar-refractivity contribution in [1.29, 1.82) is 0 Å². The number of carbonyl (C=O) groups excluding carboxylic acids is 1. The minimum Gasteiger partial charge on any atom is -0.352 e. The van der Waals surface area contributed by atoms with Crippen molar-refractivity contribution in [3.05, 3.63) is 81.5 Å². The van der Waals surface area contributed by atoms with Crippen molar-refractivity contribution in [1.82, 2.24) is 20.4 Å². The Morgan fingerprint density at radius 2 is 1.84 bits per heavy atom. The molecule has 0 spiro atoms. The number of nitrogens with one attached hydrogen (secondary N) is 2. The SMILES string of the molecule is Cc1ccc(CNC(=O)CCCc2nc(-c3cc4ccc(C)cc4[nH]c3=O)no2)cc1. The molecule has 0 radical (unpaired) electrons. The molecule has 1 amide bonds. The molecule has 0 bridgehead atoms. The summed E-state index contributed by atoms with van der Waals surface area (Å²) < 4.78 is 5.28. The van der Waals surface area contributed by atoms with Crippen LogP contribution in [0, 0.1) is 13.8 Å². The maximum Gasteiger partial charge on any atom is 0.259 e.